The summed E-state index contributed by atoms with van der Waals surface area (Å²) < 4.78 is 0. The summed E-state index contributed by atoms with van der Waals surface area (Å²) in [6.45, 7) is 8.69. The molecule has 1 aromatic carbocycles. The molecule has 3 fully saturated rings. The summed E-state index contributed by atoms with van der Waals surface area (Å²) >= 11 is 6.11. The van der Waals surface area contributed by atoms with Crippen LogP contribution in [0.5, 0.6) is 0 Å². The SMILES string of the molecule is CCN(CC)C(=O)N(C1CCCCC1)C1CC2CCC(C1)N2C(=O)[C@H](C)N(CCN)c1ccc(Cl)cc1. The summed E-state index contributed by atoms with van der Waals surface area (Å²) in [6.07, 6.45) is 9.71. The normalized spacial score (nSPS) is 24.6. The molecule has 7 nitrogen and oxygen atoms in total. The van der Waals surface area contributed by atoms with Crippen LogP contribution in [0.25, 0.3) is 0 Å². The third-order valence-corrected chi connectivity index (χ3v) is 9.18. The third kappa shape index (κ3) is 6.03. The monoisotopic (exact) mass is 531 g/mol. The van der Waals surface area contributed by atoms with Gasteiger partial charge in [0.2, 0.25) is 5.91 Å². The lowest BCUT2D eigenvalue weighted by Crippen LogP contribution is -2.60. The molecule has 1 saturated carbocycles. The smallest absolute Gasteiger partial charge is 0.320 e. The van der Waals surface area contributed by atoms with Crippen molar-refractivity contribution in [3.63, 3.8) is 0 Å². The van der Waals surface area contributed by atoms with E-state index in [1.165, 1.54) is 19.3 Å². The average molecular weight is 532 g/mol. The Kier molecular flexibility index (Phi) is 9.62. The summed E-state index contributed by atoms with van der Waals surface area (Å²) in [6, 6.07) is 8.47. The van der Waals surface area contributed by atoms with E-state index in [0.29, 0.717) is 24.2 Å². The van der Waals surface area contributed by atoms with Crippen LogP contribution >= 0.6 is 11.6 Å². The van der Waals surface area contributed by atoms with Crippen molar-refractivity contribution < 1.29 is 9.59 Å². The maximum atomic E-state index is 14.0. The zero-order chi connectivity index (χ0) is 26.5. The number of piperidine rings is 1. The van der Waals surface area contributed by atoms with Gasteiger partial charge in [0.05, 0.1) is 0 Å². The van der Waals surface area contributed by atoms with Gasteiger partial charge in [0, 0.05) is 61.1 Å². The Bertz CT molecular complexity index is 888. The number of rotatable bonds is 9. The Balaban J connectivity index is 1.52. The van der Waals surface area contributed by atoms with Crippen LogP contribution in [0.4, 0.5) is 10.5 Å². The van der Waals surface area contributed by atoms with Crippen molar-refractivity contribution in [1.82, 2.24) is 14.7 Å². The van der Waals surface area contributed by atoms with Gasteiger partial charge in [-0.05, 0) is 83.6 Å². The van der Waals surface area contributed by atoms with Crippen molar-refractivity contribution in [1.29, 1.82) is 0 Å². The molecule has 2 saturated heterocycles. The number of benzene rings is 1. The number of amides is 3. The maximum absolute atomic E-state index is 14.0. The summed E-state index contributed by atoms with van der Waals surface area (Å²) in [7, 11) is 0. The first-order chi connectivity index (χ1) is 17.9. The predicted octanol–water partition coefficient (Wildman–Crippen LogP) is 5.11. The van der Waals surface area contributed by atoms with E-state index in [0.717, 1.165) is 57.3 Å². The van der Waals surface area contributed by atoms with Crippen molar-refractivity contribution >= 4 is 29.2 Å². The number of fused-ring (bicyclic) bond motifs is 2. The van der Waals surface area contributed by atoms with Crippen molar-refractivity contribution in [2.24, 2.45) is 5.73 Å². The minimum Gasteiger partial charge on any atom is -0.359 e. The molecule has 2 bridgehead atoms. The van der Waals surface area contributed by atoms with Gasteiger partial charge in [0.25, 0.3) is 0 Å². The number of nitrogens with zero attached hydrogens (tertiary/aromatic N) is 4. The Morgan fingerprint density at radius 2 is 1.57 bits per heavy atom. The fraction of sp³-hybridized carbons (Fsp3) is 0.724. The molecule has 2 heterocycles. The van der Waals surface area contributed by atoms with Gasteiger partial charge < -0.3 is 25.3 Å². The second-order valence-corrected chi connectivity index (χ2v) is 11.5. The molecule has 3 aliphatic rings. The van der Waals surface area contributed by atoms with Crippen molar-refractivity contribution in [3.8, 4) is 0 Å². The molecule has 37 heavy (non-hydrogen) atoms. The molecule has 206 valence electrons. The number of hydrogen-bond donors (Lipinski definition) is 1. The molecule has 0 aromatic heterocycles. The fourth-order valence-electron chi connectivity index (χ4n) is 7.03. The topological polar surface area (TPSA) is 73.1 Å². The first-order valence-electron chi connectivity index (χ1n) is 14.5. The standard InChI is InChI=1S/C29H46ClN5O2/c1-4-32(5-2)29(37)35(24-9-7-6-8-10-24)27-19-25-15-16-26(20-27)34(25)28(36)21(3)33(18-17-31)23-13-11-22(30)12-14-23/h11-14,21,24-27H,4-10,15-20,31H2,1-3H3/t21-,25?,26?,27?/m0/s1. The lowest BCUT2D eigenvalue weighted by molar-refractivity contribution is -0.137. The highest BCUT2D eigenvalue weighted by Gasteiger charge is 2.48. The molecule has 3 amide bonds. The van der Waals surface area contributed by atoms with E-state index in [9.17, 15) is 9.59 Å². The molecule has 1 aromatic rings. The molecule has 4 rings (SSSR count). The molecular weight excluding hydrogens is 486 g/mol. The van der Waals surface area contributed by atoms with E-state index in [-0.39, 0.29) is 36.1 Å². The van der Waals surface area contributed by atoms with Crippen molar-refractivity contribution in [2.45, 2.75) is 109 Å². The molecule has 8 heteroatoms. The van der Waals surface area contributed by atoms with Crippen LogP contribution < -0.4 is 10.6 Å². The minimum absolute atomic E-state index is 0.175. The highest BCUT2D eigenvalue weighted by atomic mass is 35.5. The van der Waals surface area contributed by atoms with Crippen LogP contribution in [0.2, 0.25) is 5.02 Å². The number of carbonyl (C=O) groups is 2. The number of carbonyl (C=O) groups excluding carboxylic acids is 2. The van der Waals surface area contributed by atoms with Gasteiger partial charge in [-0.15, -0.1) is 0 Å². The second-order valence-electron chi connectivity index (χ2n) is 11.0. The Morgan fingerprint density at radius 3 is 2.11 bits per heavy atom. The Hall–Kier alpha value is -1.99. The van der Waals surface area contributed by atoms with E-state index in [2.05, 4.69) is 28.5 Å². The summed E-state index contributed by atoms with van der Waals surface area (Å²) in [5, 5.41) is 0.678. The molecule has 2 N–H and O–H groups in total. The van der Waals surface area contributed by atoms with Crippen LogP contribution in [0, 0.1) is 0 Å². The zero-order valence-electron chi connectivity index (χ0n) is 22.9. The van der Waals surface area contributed by atoms with E-state index in [4.69, 9.17) is 17.3 Å². The van der Waals surface area contributed by atoms with Gasteiger partial charge in [-0.25, -0.2) is 4.79 Å². The number of urea groups is 1. The van der Waals surface area contributed by atoms with Crippen LogP contribution in [-0.2, 0) is 4.79 Å². The van der Waals surface area contributed by atoms with Crippen LogP contribution in [0.3, 0.4) is 0 Å². The highest BCUT2D eigenvalue weighted by molar-refractivity contribution is 6.30. The van der Waals surface area contributed by atoms with E-state index >= 15 is 0 Å². The quantitative estimate of drug-likeness (QED) is 0.480. The van der Waals surface area contributed by atoms with E-state index < -0.39 is 0 Å². The fourth-order valence-corrected chi connectivity index (χ4v) is 7.16. The third-order valence-electron chi connectivity index (χ3n) is 8.93. The Morgan fingerprint density at radius 1 is 0.973 bits per heavy atom. The van der Waals surface area contributed by atoms with Crippen LogP contribution in [0.1, 0.15) is 78.6 Å². The molecule has 2 unspecified atom stereocenters. The van der Waals surface area contributed by atoms with Gasteiger partial charge in [0.15, 0.2) is 0 Å². The van der Waals surface area contributed by atoms with Gasteiger partial charge in [-0.2, -0.15) is 0 Å². The lowest BCUT2D eigenvalue weighted by atomic mass is 9.89. The summed E-state index contributed by atoms with van der Waals surface area (Å²) in [5.41, 5.74) is 6.91. The Labute approximate surface area is 228 Å². The largest absolute Gasteiger partial charge is 0.359 e. The van der Waals surface area contributed by atoms with Gasteiger partial charge >= 0.3 is 6.03 Å². The molecular formula is C29H46ClN5O2. The summed E-state index contributed by atoms with van der Waals surface area (Å²) in [5.74, 6) is 0.175. The number of nitrogens with two attached hydrogens (primary N) is 1. The minimum atomic E-state index is -0.309. The number of hydrogen-bond acceptors (Lipinski definition) is 4. The maximum Gasteiger partial charge on any atom is 0.320 e. The molecule has 0 radical (unpaired) electrons. The number of halogens is 1. The predicted molar refractivity (Wildman–Crippen MR) is 151 cm³/mol. The highest BCUT2D eigenvalue weighted by Crippen LogP contribution is 2.40. The van der Waals surface area contributed by atoms with E-state index in [1.807, 2.05) is 36.1 Å². The summed E-state index contributed by atoms with van der Waals surface area (Å²) in [4.78, 5) is 36.2. The van der Waals surface area contributed by atoms with Gasteiger partial charge in [0.1, 0.15) is 6.04 Å². The molecule has 0 spiro atoms. The second kappa shape index (κ2) is 12.7. The first kappa shape index (κ1) is 28.0. The van der Waals surface area contributed by atoms with E-state index in [1.54, 1.807) is 0 Å². The molecule has 2 aliphatic heterocycles. The van der Waals surface area contributed by atoms with Crippen molar-refractivity contribution in [2.75, 3.05) is 31.1 Å². The zero-order valence-corrected chi connectivity index (χ0v) is 23.7. The molecule has 1 aliphatic carbocycles. The van der Waals surface area contributed by atoms with Gasteiger partial charge in [-0.1, -0.05) is 30.9 Å². The van der Waals surface area contributed by atoms with Crippen LogP contribution in [-0.4, -0.2) is 83.0 Å². The van der Waals surface area contributed by atoms with Crippen molar-refractivity contribution in [3.05, 3.63) is 29.3 Å². The average Bonchev–Trinajstić information content (AvgIpc) is 3.18. The molecule has 3 atom stereocenters. The van der Waals surface area contributed by atoms with Crippen LogP contribution in [0.15, 0.2) is 24.3 Å². The van der Waals surface area contributed by atoms with Gasteiger partial charge in [-0.3, -0.25) is 4.79 Å². The number of anilines is 1. The lowest BCUT2D eigenvalue weighted by Gasteiger charge is -2.48. The first-order valence-corrected chi connectivity index (χ1v) is 14.9.